The van der Waals surface area contributed by atoms with Crippen LogP contribution in [0.2, 0.25) is 0 Å². The van der Waals surface area contributed by atoms with Crippen molar-refractivity contribution in [3.63, 3.8) is 0 Å². The molecule has 1 atom stereocenters. The molecule has 0 bridgehead atoms. The van der Waals surface area contributed by atoms with Gasteiger partial charge in [-0.25, -0.2) is 8.42 Å². The van der Waals surface area contributed by atoms with Gasteiger partial charge in [0.05, 0.1) is 23.0 Å². The lowest BCUT2D eigenvalue weighted by Gasteiger charge is -2.32. The highest BCUT2D eigenvalue weighted by Crippen LogP contribution is 2.35. The van der Waals surface area contributed by atoms with Crippen LogP contribution in [0.1, 0.15) is 29.9 Å². The number of hydrogen-bond acceptors (Lipinski definition) is 6. The molecule has 0 spiro atoms. The predicted molar refractivity (Wildman–Crippen MR) is 112 cm³/mol. The highest BCUT2D eigenvalue weighted by molar-refractivity contribution is 7.89. The van der Waals surface area contributed by atoms with Crippen LogP contribution in [0.3, 0.4) is 0 Å². The van der Waals surface area contributed by atoms with Crippen molar-refractivity contribution in [1.82, 2.24) is 9.62 Å². The number of rotatable bonds is 5. The normalized spacial score (nSPS) is 19.3. The van der Waals surface area contributed by atoms with E-state index in [2.05, 4.69) is 10.6 Å². The summed E-state index contributed by atoms with van der Waals surface area (Å²) in [7, 11) is -3.83. The number of amides is 2. The zero-order valence-corrected chi connectivity index (χ0v) is 18.3. The van der Waals surface area contributed by atoms with Gasteiger partial charge in [0.1, 0.15) is 17.3 Å². The number of fused-ring (bicyclic) bond motifs is 1. The second-order valence-corrected chi connectivity index (χ2v) is 9.79. The Morgan fingerprint density at radius 2 is 2.10 bits per heavy atom. The minimum atomic E-state index is -3.83. The van der Waals surface area contributed by atoms with E-state index in [-0.39, 0.29) is 36.4 Å². The van der Waals surface area contributed by atoms with E-state index in [1.54, 1.807) is 19.1 Å². The zero-order valence-electron chi connectivity index (χ0n) is 17.4. The van der Waals surface area contributed by atoms with E-state index in [1.165, 1.54) is 10.4 Å². The number of anilines is 1. The number of piperidine rings is 1. The minimum absolute atomic E-state index is 0.111. The molecule has 2 aromatic rings. The van der Waals surface area contributed by atoms with E-state index in [0.29, 0.717) is 42.1 Å². The molecule has 0 saturated carbocycles. The SMILES string of the molecule is Cc1ccc(CNC(=O)C2CCCN(S(=O)(=O)c3cc4c(cc3C)NC(=O)CO4)C2)o1. The first-order chi connectivity index (χ1) is 14.7. The van der Waals surface area contributed by atoms with Crippen molar-refractivity contribution in [2.24, 2.45) is 5.92 Å². The third-order valence-electron chi connectivity index (χ3n) is 5.52. The van der Waals surface area contributed by atoms with Crippen LogP contribution in [-0.2, 0) is 26.2 Å². The summed E-state index contributed by atoms with van der Waals surface area (Å²) < 4.78 is 38.9. The minimum Gasteiger partial charge on any atom is -0.482 e. The summed E-state index contributed by atoms with van der Waals surface area (Å²) in [5.41, 5.74) is 0.959. The first kappa shape index (κ1) is 21.4. The molecule has 166 valence electrons. The van der Waals surface area contributed by atoms with E-state index in [1.807, 2.05) is 13.0 Å². The largest absolute Gasteiger partial charge is 0.482 e. The van der Waals surface area contributed by atoms with Crippen molar-refractivity contribution in [1.29, 1.82) is 0 Å². The van der Waals surface area contributed by atoms with Crippen molar-refractivity contribution >= 4 is 27.5 Å². The van der Waals surface area contributed by atoms with Crippen LogP contribution in [-0.4, -0.2) is 44.2 Å². The van der Waals surface area contributed by atoms with Gasteiger partial charge in [-0.05, 0) is 50.5 Å². The van der Waals surface area contributed by atoms with Gasteiger partial charge in [0.2, 0.25) is 15.9 Å². The molecule has 1 aromatic carbocycles. The third kappa shape index (κ3) is 4.45. The van der Waals surface area contributed by atoms with Gasteiger partial charge >= 0.3 is 0 Å². The molecular formula is C21H25N3O6S. The molecule has 2 aliphatic heterocycles. The number of carbonyl (C=O) groups excluding carboxylic acids is 2. The Morgan fingerprint density at radius 1 is 1.29 bits per heavy atom. The fourth-order valence-corrected chi connectivity index (χ4v) is 5.65. The van der Waals surface area contributed by atoms with Crippen molar-refractivity contribution in [2.75, 3.05) is 25.0 Å². The smallest absolute Gasteiger partial charge is 0.262 e. The van der Waals surface area contributed by atoms with Gasteiger partial charge in [-0.1, -0.05) is 0 Å². The fraction of sp³-hybridized carbons (Fsp3) is 0.429. The van der Waals surface area contributed by atoms with E-state index < -0.39 is 15.9 Å². The molecule has 3 heterocycles. The Morgan fingerprint density at radius 3 is 2.84 bits per heavy atom. The van der Waals surface area contributed by atoms with Crippen molar-refractivity contribution in [3.8, 4) is 5.75 Å². The summed E-state index contributed by atoms with van der Waals surface area (Å²) in [6.07, 6.45) is 1.21. The maximum absolute atomic E-state index is 13.3. The van der Waals surface area contributed by atoms with Crippen LogP contribution < -0.4 is 15.4 Å². The van der Waals surface area contributed by atoms with Crippen molar-refractivity contribution < 1.29 is 27.2 Å². The number of furan rings is 1. The first-order valence-corrected chi connectivity index (χ1v) is 11.6. The molecule has 1 unspecified atom stereocenters. The first-order valence-electron chi connectivity index (χ1n) is 10.1. The average molecular weight is 448 g/mol. The number of carbonyl (C=O) groups is 2. The monoisotopic (exact) mass is 447 g/mol. The van der Waals surface area contributed by atoms with Crippen LogP contribution in [0.25, 0.3) is 0 Å². The van der Waals surface area contributed by atoms with Gasteiger partial charge in [-0.2, -0.15) is 4.31 Å². The van der Waals surface area contributed by atoms with E-state index >= 15 is 0 Å². The highest BCUT2D eigenvalue weighted by atomic mass is 32.2. The number of ether oxygens (including phenoxy) is 1. The molecule has 9 nitrogen and oxygen atoms in total. The summed E-state index contributed by atoms with van der Waals surface area (Å²) in [4.78, 5) is 24.3. The summed E-state index contributed by atoms with van der Waals surface area (Å²) in [6.45, 7) is 4.07. The molecule has 0 radical (unpaired) electrons. The summed E-state index contributed by atoms with van der Waals surface area (Å²) >= 11 is 0. The third-order valence-corrected chi connectivity index (χ3v) is 7.52. The Bertz CT molecular complexity index is 1120. The summed E-state index contributed by atoms with van der Waals surface area (Å²) in [6, 6.07) is 6.67. The fourth-order valence-electron chi connectivity index (χ4n) is 3.91. The molecule has 1 saturated heterocycles. The van der Waals surface area contributed by atoms with E-state index in [4.69, 9.17) is 9.15 Å². The quantitative estimate of drug-likeness (QED) is 0.723. The Labute approximate surface area is 180 Å². The molecular weight excluding hydrogens is 422 g/mol. The summed E-state index contributed by atoms with van der Waals surface area (Å²) in [5, 5.41) is 5.51. The van der Waals surface area contributed by atoms with Crippen molar-refractivity contribution in [3.05, 3.63) is 41.3 Å². The van der Waals surface area contributed by atoms with Gasteiger partial charge in [0, 0.05) is 19.2 Å². The second-order valence-electron chi connectivity index (χ2n) is 7.88. The van der Waals surface area contributed by atoms with Gasteiger partial charge in [0.15, 0.2) is 6.61 Å². The highest BCUT2D eigenvalue weighted by Gasteiger charge is 2.35. The number of nitrogens with one attached hydrogen (secondary N) is 2. The summed E-state index contributed by atoms with van der Waals surface area (Å²) in [5.74, 6) is 0.835. The topological polar surface area (TPSA) is 118 Å². The molecule has 1 fully saturated rings. The van der Waals surface area contributed by atoms with Crippen molar-refractivity contribution in [2.45, 2.75) is 38.1 Å². The number of benzene rings is 1. The number of nitrogens with zero attached hydrogens (tertiary/aromatic N) is 1. The van der Waals surface area contributed by atoms with E-state index in [0.717, 1.165) is 5.76 Å². The van der Waals surface area contributed by atoms with Gasteiger partial charge < -0.3 is 19.8 Å². The van der Waals surface area contributed by atoms with Crippen LogP contribution in [0.15, 0.2) is 33.6 Å². The standard InChI is InChI=1S/C21H25N3O6S/c1-13-8-17-18(29-12-20(25)23-17)9-19(13)31(27,28)24-7-3-4-15(11-24)21(26)22-10-16-6-5-14(2)30-16/h5-6,8-9,15H,3-4,7,10-12H2,1-2H3,(H,22,26)(H,23,25). The lowest BCUT2D eigenvalue weighted by atomic mass is 9.99. The lowest BCUT2D eigenvalue weighted by molar-refractivity contribution is -0.126. The second kappa shape index (κ2) is 8.35. The molecule has 2 amide bonds. The number of aryl methyl sites for hydroxylation is 2. The van der Waals surface area contributed by atoms with Crippen LogP contribution >= 0.6 is 0 Å². The maximum atomic E-state index is 13.3. The maximum Gasteiger partial charge on any atom is 0.262 e. The van der Waals surface area contributed by atoms with Crippen LogP contribution in [0.5, 0.6) is 5.75 Å². The van der Waals surface area contributed by atoms with Gasteiger partial charge in [-0.3, -0.25) is 9.59 Å². The van der Waals surface area contributed by atoms with Crippen LogP contribution in [0, 0.1) is 19.8 Å². The molecule has 2 N–H and O–H groups in total. The van der Waals surface area contributed by atoms with Crippen LogP contribution in [0.4, 0.5) is 5.69 Å². The predicted octanol–water partition coefficient (Wildman–Crippen LogP) is 1.94. The molecule has 0 aliphatic carbocycles. The average Bonchev–Trinajstić information content (AvgIpc) is 3.16. The molecule has 2 aliphatic rings. The molecule has 31 heavy (non-hydrogen) atoms. The van der Waals surface area contributed by atoms with Gasteiger partial charge in [-0.15, -0.1) is 0 Å². The molecule has 1 aromatic heterocycles. The lowest BCUT2D eigenvalue weighted by Crippen LogP contribution is -2.45. The molecule has 10 heteroatoms. The number of hydrogen-bond donors (Lipinski definition) is 2. The number of sulfonamides is 1. The van der Waals surface area contributed by atoms with Gasteiger partial charge in [0.25, 0.3) is 5.91 Å². The Balaban J connectivity index is 1.48. The van der Waals surface area contributed by atoms with E-state index in [9.17, 15) is 18.0 Å². The Hall–Kier alpha value is -2.85. The zero-order chi connectivity index (χ0) is 22.2. The molecule has 4 rings (SSSR count). The Kier molecular flexibility index (Phi) is 5.76.